The molecule has 0 heterocycles. The van der Waals surface area contributed by atoms with Crippen molar-refractivity contribution in [3.05, 3.63) is 94.0 Å². The van der Waals surface area contributed by atoms with Gasteiger partial charge in [0.2, 0.25) is 5.91 Å². The zero-order chi connectivity index (χ0) is 32.8. The first-order chi connectivity index (χ1) is 20.6. The van der Waals surface area contributed by atoms with Gasteiger partial charge in [-0.2, -0.15) is 0 Å². The Balaban J connectivity index is 2.16. The first kappa shape index (κ1) is 34.2. The van der Waals surface area contributed by atoms with Gasteiger partial charge >= 0.3 is 6.09 Å². The van der Waals surface area contributed by atoms with Gasteiger partial charge in [-0.1, -0.05) is 55.5 Å². The average Bonchev–Trinajstić information content (AvgIpc) is 2.94. The van der Waals surface area contributed by atoms with Crippen LogP contribution in [0.1, 0.15) is 80.5 Å². The highest BCUT2D eigenvalue weighted by Gasteiger charge is 2.39. The maximum atomic E-state index is 14.7. The molecule has 0 spiro atoms. The molecule has 3 rings (SSSR count). The summed E-state index contributed by atoms with van der Waals surface area (Å²) in [6.45, 7) is 16.9. The number of hydrogen-bond donors (Lipinski definition) is 3. The summed E-state index contributed by atoms with van der Waals surface area (Å²) < 4.78 is 5.53. The summed E-state index contributed by atoms with van der Waals surface area (Å²) in [5, 5.41) is 15.7. The lowest BCUT2D eigenvalue weighted by molar-refractivity contribution is -0.143. The number of aryl methyl sites for hydroxylation is 3. The lowest BCUT2D eigenvalue weighted by atomic mass is 9.93. The highest BCUT2D eigenvalue weighted by Crippen LogP contribution is 2.32. The maximum absolute atomic E-state index is 14.7. The molecule has 3 N–H and O–H groups in total. The number of amides is 3. The minimum atomic E-state index is -1.05. The Bertz CT molecular complexity index is 1460. The van der Waals surface area contributed by atoms with Gasteiger partial charge in [-0.3, -0.25) is 9.59 Å². The van der Waals surface area contributed by atoms with E-state index in [0.29, 0.717) is 17.7 Å². The van der Waals surface area contributed by atoms with Crippen LogP contribution < -0.4 is 10.6 Å². The Labute approximate surface area is 261 Å². The lowest BCUT2D eigenvalue weighted by Crippen LogP contribution is -2.55. The third-order valence-electron chi connectivity index (χ3n) is 7.88. The van der Waals surface area contributed by atoms with Crippen LogP contribution in [0.15, 0.2) is 60.7 Å². The molecule has 8 nitrogen and oxygen atoms in total. The fraction of sp³-hybridized carbons (Fsp3) is 0.417. The number of ether oxygens (including phenoxy) is 1. The minimum absolute atomic E-state index is 0.0936. The SMILES string of the molecule is CCC(C)N(C(=O)C(Cc1ccc(O)cc1)NC(=O)OC(C)(C)C)C(C(=O)Nc1c(C)cccc1C)c1cccc(C)c1C. The summed E-state index contributed by atoms with van der Waals surface area (Å²) in [6.07, 6.45) is -0.0344. The molecule has 0 saturated carbocycles. The van der Waals surface area contributed by atoms with Crippen LogP contribution in [0.25, 0.3) is 0 Å². The van der Waals surface area contributed by atoms with Crippen LogP contribution in [-0.4, -0.2) is 45.6 Å². The summed E-state index contributed by atoms with van der Waals surface area (Å²) in [7, 11) is 0. The smallest absolute Gasteiger partial charge is 0.408 e. The van der Waals surface area contributed by atoms with Crippen molar-refractivity contribution in [2.45, 2.75) is 98.9 Å². The van der Waals surface area contributed by atoms with Gasteiger partial charge in [-0.05, 0) is 107 Å². The normalized spacial score (nSPS) is 13.4. The van der Waals surface area contributed by atoms with Crippen LogP contribution in [0.2, 0.25) is 0 Å². The molecule has 0 aliphatic carbocycles. The van der Waals surface area contributed by atoms with Crippen LogP contribution in [0.5, 0.6) is 5.75 Å². The number of nitrogens with zero attached hydrogens (tertiary/aromatic N) is 1. The molecule has 44 heavy (non-hydrogen) atoms. The van der Waals surface area contributed by atoms with Gasteiger partial charge in [0.25, 0.3) is 5.91 Å². The van der Waals surface area contributed by atoms with Gasteiger partial charge in [-0.15, -0.1) is 0 Å². The van der Waals surface area contributed by atoms with Crippen molar-refractivity contribution in [2.24, 2.45) is 0 Å². The predicted octanol–water partition coefficient (Wildman–Crippen LogP) is 7.07. The summed E-state index contributed by atoms with van der Waals surface area (Å²) in [4.78, 5) is 43.8. The fourth-order valence-electron chi connectivity index (χ4n) is 5.18. The number of phenolic OH excluding ortho intramolecular Hbond substituents is 1. The van der Waals surface area contributed by atoms with E-state index in [2.05, 4.69) is 10.6 Å². The van der Waals surface area contributed by atoms with Crippen LogP contribution >= 0.6 is 0 Å². The number of alkyl carbamates (subject to hydrolysis) is 1. The summed E-state index contributed by atoms with van der Waals surface area (Å²) in [5.74, 6) is -0.664. The minimum Gasteiger partial charge on any atom is -0.508 e. The number of hydrogen-bond acceptors (Lipinski definition) is 5. The highest BCUT2D eigenvalue weighted by atomic mass is 16.6. The quantitative estimate of drug-likeness (QED) is 0.230. The average molecular weight is 602 g/mol. The largest absolute Gasteiger partial charge is 0.508 e. The van der Waals surface area contributed by atoms with E-state index in [1.54, 1.807) is 37.8 Å². The summed E-state index contributed by atoms with van der Waals surface area (Å²) in [5.41, 5.74) is 5.10. The summed E-state index contributed by atoms with van der Waals surface area (Å²) >= 11 is 0. The monoisotopic (exact) mass is 601 g/mol. The van der Waals surface area contributed by atoms with Crippen molar-refractivity contribution in [1.82, 2.24) is 10.2 Å². The van der Waals surface area contributed by atoms with Gasteiger partial charge in [0.15, 0.2) is 0 Å². The molecule has 0 fully saturated rings. The second-order valence-electron chi connectivity index (χ2n) is 12.5. The Kier molecular flexibility index (Phi) is 11.2. The molecule has 0 aliphatic rings. The Morgan fingerprint density at radius 3 is 2.02 bits per heavy atom. The molecule has 0 aliphatic heterocycles. The van der Waals surface area contributed by atoms with Gasteiger partial charge in [-0.25, -0.2) is 4.79 Å². The Morgan fingerprint density at radius 1 is 0.886 bits per heavy atom. The van der Waals surface area contributed by atoms with Crippen LogP contribution in [0.3, 0.4) is 0 Å². The third-order valence-corrected chi connectivity index (χ3v) is 7.88. The van der Waals surface area contributed by atoms with E-state index in [9.17, 15) is 19.5 Å². The van der Waals surface area contributed by atoms with Crippen LogP contribution in [0, 0.1) is 27.7 Å². The molecule has 3 aromatic carbocycles. The lowest BCUT2D eigenvalue weighted by Gasteiger charge is -2.39. The van der Waals surface area contributed by atoms with Crippen molar-refractivity contribution in [2.75, 3.05) is 5.32 Å². The predicted molar refractivity (Wildman–Crippen MR) is 175 cm³/mol. The topological polar surface area (TPSA) is 108 Å². The van der Waals surface area contributed by atoms with Gasteiger partial charge < -0.3 is 25.4 Å². The zero-order valence-corrected chi connectivity index (χ0v) is 27.4. The Hall–Kier alpha value is -4.33. The molecule has 0 radical (unpaired) electrons. The van der Waals surface area contributed by atoms with Crippen molar-refractivity contribution >= 4 is 23.6 Å². The van der Waals surface area contributed by atoms with E-state index >= 15 is 0 Å². The second-order valence-corrected chi connectivity index (χ2v) is 12.5. The van der Waals surface area contributed by atoms with Crippen molar-refractivity contribution in [3.8, 4) is 5.75 Å². The molecule has 0 saturated heterocycles. The van der Waals surface area contributed by atoms with Gasteiger partial charge in [0, 0.05) is 18.2 Å². The van der Waals surface area contributed by atoms with Gasteiger partial charge in [0.05, 0.1) is 0 Å². The van der Waals surface area contributed by atoms with E-state index in [-0.39, 0.29) is 24.1 Å². The number of rotatable bonds is 10. The zero-order valence-electron chi connectivity index (χ0n) is 27.4. The standard InChI is InChI=1S/C36H47N3O5/c1-10-25(5)39(34(42)30(37-35(43)44-36(7,8)9)21-27-17-19-28(40)20-18-27)32(29-16-12-13-22(2)26(29)6)33(41)38-31-23(3)14-11-15-24(31)4/h11-20,25,30,32,40H,10,21H2,1-9H3,(H,37,43)(H,38,41). The number of carbonyl (C=O) groups is 3. The fourth-order valence-corrected chi connectivity index (χ4v) is 5.18. The maximum Gasteiger partial charge on any atom is 0.408 e. The molecular weight excluding hydrogens is 554 g/mol. The second kappa shape index (κ2) is 14.4. The van der Waals surface area contributed by atoms with Crippen LogP contribution in [-0.2, 0) is 20.7 Å². The number of phenols is 1. The van der Waals surface area contributed by atoms with Crippen LogP contribution in [0.4, 0.5) is 10.5 Å². The van der Waals surface area contributed by atoms with E-state index in [1.165, 1.54) is 12.1 Å². The van der Waals surface area contributed by atoms with E-state index in [4.69, 9.17) is 4.74 Å². The number of aromatic hydroxyl groups is 1. The molecule has 8 heteroatoms. The molecule has 3 unspecified atom stereocenters. The molecular formula is C36H47N3O5. The summed E-state index contributed by atoms with van der Waals surface area (Å²) in [6, 6.07) is 15.6. The van der Waals surface area contributed by atoms with E-state index in [1.807, 2.05) is 77.9 Å². The number of nitrogens with one attached hydrogen (secondary N) is 2. The van der Waals surface area contributed by atoms with Gasteiger partial charge in [0.1, 0.15) is 23.4 Å². The van der Waals surface area contributed by atoms with Crippen molar-refractivity contribution < 1.29 is 24.2 Å². The first-order valence-corrected chi connectivity index (χ1v) is 15.2. The van der Waals surface area contributed by atoms with Crippen molar-refractivity contribution in [3.63, 3.8) is 0 Å². The number of benzene rings is 3. The van der Waals surface area contributed by atoms with E-state index in [0.717, 1.165) is 27.8 Å². The molecule has 3 amide bonds. The highest BCUT2D eigenvalue weighted by molar-refractivity contribution is 6.00. The molecule has 3 aromatic rings. The molecule has 0 bridgehead atoms. The molecule has 0 aromatic heterocycles. The van der Waals surface area contributed by atoms with Crippen molar-refractivity contribution in [1.29, 1.82) is 0 Å². The Morgan fingerprint density at radius 2 is 1.45 bits per heavy atom. The number of anilines is 1. The number of carbonyl (C=O) groups excluding carboxylic acids is 3. The molecule has 3 atom stereocenters. The third kappa shape index (κ3) is 8.62. The van der Waals surface area contributed by atoms with E-state index < -0.39 is 29.7 Å². The molecule has 236 valence electrons. The first-order valence-electron chi connectivity index (χ1n) is 15.2. The number of para-hydroxylation sites is 1.